The van der Waals surface area contributed by atoms with Gasteiger partial charge in [0.15, 0.2) is 0 Å². The van der Waals surface area contributed by atoms with Gasteiger partial charge in [0.05, 0.1) is 11.0 Å². The predicted molar refractivity (Wildman–Crippen MR) is 79.4 cm³/mol. The second-order valence-corrected chi connectivity index (χ2v) is 4.39. The molecule has 0 atom stereocenters. The first-order valence-electron chi connectivity index (χ1n) is 6.18. The third kappa shape index (κ3) is 2.44. The van der Waals surface area contributed by atoms with Crippen molar-refractivity contribution in [2.24, 2.45) is 0 Å². The van der Waals surface area contributed by atoms with Crippen LogP contribution in [0.15, 0.2) is 53.3 Å². The Labute approximate surface area is 115 Å². The molecule has 0 aliphatic heterocycles. The molecule has 0 radical (unpaired) electrons. The highest BCUT2D eigenvalue weighted by Gasteiger charge is 2.00. The van der Waals surface area contributed by atoms with Crippen molar-refractivity contribution in [2.75, 3.05) is 0 Å². The molecule has 0 unspecified atom stereocenters. The van der Waals surface area contributed by atoms with Crippen LogP contribution in [-0.2, 0) is 0 Å². The molecule has 1 heterocycles. The van der Waals surface area contributed by atoms with E-state index in [1.165, 1.54) is 0 Å². The number of aromatic hydroxyl groups is 1. The molecular weight excluding hydrogens is 252 g/mol. The van der Waals surface area contributed by atoms with Crippen LogP contribution in [0.2, 0.25) is 0 Å². The first kappa shape index (κ1) is 12.2. The zero-order valence-electron chi connectivity index (χ0n) is 10.6. The minimum Gasteiger partial charge on any atom is -0.508 e. The van der Waals surface area contributed by atoms with E-state index in [0.29, 0.717) is 5.69 Å². The van der Waals surface area contributed by atoms with Gasteiger partial charge in [0.2, 0.25) is 0 Å². The molecule has 3 aromatic rings. The monoisotopic (exact) mass is 264 g/mol. The minimum atomic E-state index is -0.223. The minimum absolute atomic E-state index is 0.212. The van der Waals surface area contributed by atoms with E-state index in [1.807, 2.05) is 24.3 Å². The average Bonchev–Trinajstić information content (AvgIpc) is 2.47. The quantitative estimate of drug-likeness (QED) is 0.748. The Hall–Kier alpha value is -2.88. The number of fused-ring (bicyclic) bond motifs is 1. The van der Waals surface area contributed by atoms with E-state index in [4.69, 9.17) is 0 Å². The van der Waals surface area contributed by atoms with Gasteiger partial charge in [-0.25, -0.2) is 4.98 Å². The molecule has 0 bridgehead atoms. The summed E-state index contributed by atoms with van der Waals surface area (Å²) >= 11 is 0. The third-order valence-corrected chi connectivity index (χ3v) is 2.95. The summed E-state index contributed by atoms with van der Waals surface area (Å²) in [4.78, 5) is 19.0. The molecule has 20 heavy (non-hydrogen) atoms. The number of phenolic OH excluding ortho intramolecular Hbond substituents is 1. The number of para-hydroxylation sites is 2. The molecule has 1 aromatic heterocycles. The summed E-state index contributed by atoms with van der Waals surface area (Å²) in [5.74, 6) is 0.212. The zero-order chi connectivity index (χ0) is 13.9. The van der Waals surface area contributed by atoms with Gasteiger partial charge in [-0.15, -0.1) is 0 Å². The molecular formula is C16H12N2O2. The Bertz CT molecular complexity index is 833. The van der Waals surface area contributed by atoms with E-state index in [0.717, 1.165) is 16.6 Å². The third-order valence-electron chi connectivity index (χ3n) is 2.95. The maximum Gasteiger partial charge on any atom is 0.274 e. The summed E-state index contributed by atoms with van der Waals surface area (Å²) in [5.41, 5.74) is 2.49. The molecule has 4 heteroatoms. The smallest absolute Gasteiger partial charge is 0.274 e. The Kier molecular flexibility index (Phi) is 3.05. The molecule has 0 spiro atoms. The number of H-pyrrole nitrogens is 1. The van der Waals surface area contributed by atoms with Crippen LogP contribution in [0.3, 0.4) is 0 Å². The van der Waals surface area contributed by atoms with Crippen molar-refractivity contribution in [1.82, 2.24) is 9.97 Å². The summed E-state index contributed by atoms with van der Waals surface area (Å²) in [6.45, 7) is 0. The number of hydrogen-bond acceptors (Lipinski definition) is 3. The highest BCUT2D eigenvalue weighted by molar-refractivity contribution is 5.76. The van der Waals surface area contributed by atoms with Gasteiger partial charge >= 0.3 is 0 Å². The van der Waals surface area contributed by atoms with E-state index in [1.54, 1.807) is 36.4 Å². The molecule has 4 nitrogen and oxygen atoms in total. The fourth-order valence-electron chi connectivity index (χ4n) is 1.92. The summed E-state index contributed by atoms with van der Waals surface area (Å²) in [5, 5.41) is 9.21. The molecule has 0 fully saturated rings. The molecule has 2 N–H and O–H groups in total. The van der Waals surface area contributed by atoms with Crippen molar-refractivity contribution < 1.29 is 5.11 Å². The number of phenols is 1. The Morgan fingerprint density at radius 2 is 1.75 bits per heavy atom. The van der Waals surface area contributed by atoms with Crippen molar-refractivity contribution >= 4 is 23.2 Å². The van der Waals surface area contributed by atoms with Crippen LogP contribution in [0.1, 0.15) is 11.3 Å². The summed E-state index contributed by atoms with van der Waals surface area (Å²) in [6, 6.07) is 14.1. The van der Waals surface area contributed by atoms with Crippen molar-refractivity contribution in [1.29, 1.82) is 0 Å². The topological polar surface area (TPSA) is 66.0 Å². The Morgan fingerprint density at radius 1 is 1.00 bits per heavy atom. The first-order valence-corrected chi connectivity index (χ1v) is 6.18. The lowest BCUT2D eigenvalue weighted by Gasteiger charge is -1.98. The van der Waals surface area contributed by atoms with Crippen LogP contribution in [0, 0.1) is 0 Å². The highest BCUT2D eigenvalue weighted by Crippen LogP contribution is 2.12. The second-order valence-electron chi connectivity index (χ2n) is 4.39. The van der Waals surface area contributed by atoms with Gasteiger partial charge in [0.25, 0.3) is 5.56 Å². The number of nitrogens with one attached hydrogen (secondary N) is 1. The molecule has 0 aliphatic rings. The fraction of sp³-hybridized carbons (Fsp3) is 0. The van der Waals surface area contributed by atoms with E-state index < -0.39 is 0 Å². The van der Waals surface area contributed by atoms with Gasteiger partial charge in [-0.2, -0.15) is 0 Å². The van der Waals surface area contributed by atoms with Crippen molar-refractivity contribution in [3.63, 3.8) is 0 Å². The van der Waals surface area contributed by atoms with Crippen LogP contribution in [0.4, 0.5) is 0 Å². The molecule has 0 saturated heterocycles. The average molecular weight is 264 g/mol. The number of hydrogen-bond donors (Lipinski definition) is 2. The van der Waals surface area contributed by atoms with Crippen LogP contribution < -0.4 is 5.56 Å². The number of aromatic nitrogens is 2. The molecule has 2 aromatic carbocycles. The van der Waals surface area contributed by atoms with Crippen LogP contribution in [0.5, 0.6) is 5.75 Å². The van der Waals surface area contributed by atoms with Gasteiger partial charge in [-0.05, 0) is 35.9 Å². The van der Waals surface area contributed by atoms with E-state index >= 15 is 0 Å². The van der Waals surface area contributed by atoms with Gasteiger partial charge in [-0.1, -0.05) is 30.3 Å². The summed E-state index contributed by atoms with van der Waals surface area (Å²) in [7, 11) is 0. The second kappa shape index (κ2) is 5.01. The first-order chi connectivity index (χ1) is 9.72. The van der Waals surface area contributed by atoms with Gasteiger partial charge in [0, 0.05) is 0 Å². The fourth-order valence-corrected chi connectivity index (χ4v) is 1.92. The van der Waals surface area contributed by atoms with Gasteiger partial charge in [0.1, 0.15) is 11.4 Å². The Morgan fingerprint density at radius 3 is 2.55 bits per heavy atom. The summed E-state index contributed by atoms with van der Waals surface area (Å²) in [6.07, 6.45) is 3.45. The largest absolute Gasteiger partial charge is 0.508 e. The predicted octanol–water partition coefficient (Wildman–Crippen LogP) is 2.80. The number of benzene rings is 2. The van der Waals surface area contributed by atoms with Gasteiger partial charge < -0.3 is 10.1 Å². The summed E-state index contributed by atoms with van der Waals surface area (Å²) < 4.78 is 0. The molecule has 0 saturated carbocycles. The maximum atomic E-state index is 11.9. The molecule has 98 valence electrons. The Balaban J connectivity index is 2.00. The van der Waals surface area contributed by atoms with E-state index in [2.05, 4.69) is 9.97 Å². The molecule has 3 rings (SSSR count). The highest BCUT2D eigenvalue weighted by atomic mass is 16.3. The lowest BCUT2D eigenvalue weighted by molar-refractivity contribution is 0.475. The maximum absolute atomic E-state index is 11.9. The van der Waals surface area contributed by atoms with Crippen LogP contribution >= 0.6 is 0 Å². The van der Waals surface area contributed by atoms with Crippen molar-refractivity contribution in [2.45, 2.75) is 0 Å². The number of rotatable bonds is 2. The normalized spacial score (nSPS) is 11.2. The van der Waals surface area contributed by atoms with Crippen molar-refractivity contribution in [3.05, 3.63) is 70.1 Å². The van der Waals surface area contributed by atoms with Crippen LogP contribution in [0.25, 0.3) is 23.2 Å². The van der Waals surface area contributed by atoms with E-state index in [-0.39, 0.29) is 11.3 Å². The van der Waals surface area contributed by atoms with Crippen LogP contribution in [-0.4, -0.2) is 15.1 Å². The number of aromatic amines is 1. The molecule has 0 aliphatic carbocycles. The van der Waals surface area contributed by atoms with E-state index in [9.17, 15) is 9.90 Å². The van der Waals surface area contributed by atoms with Crippen molar-refractivity contribution in [3.8, 4) is 5.75 Å². The number of nitrogens with zero attached hydrogens (tertiary/aromatic N) is 1. The SMILES string of the molecule is O=c1[nH]c2ccccc2nc1/C=C/c1ccc(O)cc1. The molecule has 0 amide bonds. The lowest BCUT2D eigenvalue weighted by atomic mass is 10.2. The van der Waals surface area contributed by atoms with Gasteiger partial charge in [-0.3, -0.25) is 4.79 Å². The lowest BCUT2D eigenvalue weighted by Crippen LogP contribution is -2.11. The zero-order valence-corrected chi connectivity index (χ0v) is 10.6. The standard InChI is InChI=1S/C16H12N2O2/c19-12-8-5-11(6-9-12)7-10-15-16(20)18-14-4-2-1-3-13(14)17-15/h1-10,19H,(H,18,20)/b10-7+.